The van der Waals surface area contributed by atoms with Gasteiger partial charge < -0.3 is 10.6 Å². The lowest BCUT2D eigenvalue weighted by atomic mass is 10.2. The Balaban J connectivity index is 1.51. The van der Waals surface area contributed by atoms with Gasteiger partial charge in [-0.25, -0.2) is 4.68 Å². The molecule has 2 amide bonds. The third-order valence-corrected chi connectivity index (χ3v) is 3.83. The predicted molar refractivity (Wildman–Crippen MR) is 96.2 cm³/mol. The van der Waals surface area contributed by atoms with Crippen LogP contribution in [0.5, 0.6) is 0 Å². The molecule has 0 aliphatic carbocycles. The quantitative estimate of drug-likeness (QED) is 0.691. The van der Waals surface area contributed by atoms with Crippen LogP contribution in [0.15, 0.2) is 54.9 Å². The van der Waals surface area contributed by atoms with Gasteiger partial charge in [-0.05, 0) is 40.8 Å². The fourth-order valence-electron chi connectivity index (χ4n) is 2.26. The summed E-state index contributed by atoms with van der Waals surface area (Å²) in [5.74, 6) is -0.539. The first-order valence-electron chi connectivity index (χ1n) is 7.79. The lowest BCUT2D eigenvalue weighted by Gasteiger charge is -2.08. The number of anilines is 1. The van der Waals surface area contributed by atoms with Crippen molar-refractivity contribution in [1.82, 2.24) is 25.5 Å². The van der Waals surface area contributed by atoms with Gasteiger partial charge in [0, 0.05) is 18.7 Å². The highest BCUT2D eigenvalue weighted by Crippen LogP contribution is 2.15. The van der Waals surface area contributed by atoms with E-state index in [1.165, 1.54) is 11.0 Å². The smallest absolute Gasteiger partial charge is 0.252 e. The number of tetrazole rings is 1. The Kier molecular flexibility index (Phi) is 5.55. The molecular formula is C17H15ClN6O2. The minimum atomic E-state index is -0.316. The number of nitrogens with one attached hydrogen (secondary N) is 2. The summed E-state index contributed by atoms with van der Waals surface area (Å²) in [7, 11) is 0. The molecule has 0 radical (unpaired) electrons. The van der Waals surface area contributed by atoms with E-state index in [4.69, 9.17) is 11.6 Å². The van der Waals surface area contributed by atoms with Crippen LogP contribution in [0.3, 0.4) is 0 Å². The molecule has 0 fully saturated rings. The highest BCUT2D eigenvalue weighted by molar-refractivity contribution is 6.33. The molecule has 0 atom stereocenters. The van der Waals surface area contributed by atoms with Gasteiger partial charge in [0.25, 0.3) is 5.91 Å². The molecular weight excluding hydrogens is 356 g/mol. The van der Waals surface area contributed by atoms with Crippen LogP contribution >= 0.6 is 11.6 Å². The molecule has 0 bridgehead atoms. The molecule has 9 heteroatoms. The maximum absolute atomic E-state index is 12.1. The summed E-state index contributed by atoms with van der Waals surface area (Å²) < 4.78 is 1.49. The molecule has 26 heavy (non-hydrogen) atoms. The van der Waals surface area contributed by atoms with Crippen molar-refractivity contribution >= 4 is 29.1 Å². The van der Waals surface area contributed by atoms with Crippen LogP contribution in [-0.2, 0) is 4.79 Å². The standard InChI is InChI=1S/C17H15ClN6O2/c18-15-7-2-1-6-14(15)17(26)19-9-8-16(25)21-12-4-3-5-13(10-12)24-11-20-22-23-24/h1-7,10-11H,8-9H2,(H,19,26)(H,21,25). The van der Waals surface area contributed by atoms with Gasteiger partial charge in [0.1, 0.15) is 6.33 Å². The Bertz CT molecular complexity index is 913. The number of amides is 2. The van der Waals surface area contributed by atoms with E-state index in [2.05, 4.69) is 26.2 Å². The molecule has 8 nitrogen and oxygen atoms in total. The first-order chi connectivity index (χ1) is 12.6. The molecule has 2 aromatic carbocycles. The number of halogens is 1. The maximum Gasteiger partial charge on any atom is 0.252 e. The molecule has 132 valence electrons. The molecule has 0 saturated carbocycles. The summed E-state index contributed by atoms with van der Waals surface area (Å²) >= 11 is 5.97. The van der Waals surface area contributed by atoms with E-state index in [-0.39, 0.29) is 24.8 Å². The Morgan fingerprint density at radius 3 is 2.73 bits per heavy atom. The summed E-state index contributed by atoms with van der Waals surface area (Å²) in [6, 6.07) is 13.8. The van der Waals surface area contributed by atoms with Crippen molar-refractivity contribution in [3.63, 3.8) is 0 Å². The zero-order valence-corrected chi connectivity index (χ0v) is 14.3. The van der Waals surface area contributed by atoms with E-state index in [9.17, 15) is 9.59 Å². The van der Waals surface area contributed by atoms with E-state index < -0.39 is 0 Å². The Labute approximate surface area is 154 Å². The van der Waals surface area contributed by atoms with Gasteiger partial charge in [-0.15, -0.1) is 5.10 Å². The van der Waals surface area contributed by atoms with Crippen molar-refractivity contribution in [2.75, 3.05) is 11.9 Å². The number of carbonyl (C=O) groups is 2. The number of benzene rings is 2. The van der Waals surface area contributed by atoms with Crippen LogP contribution in [0.1, 0.15) is 16.8 Å². The fraction of sp³-hybridized carbons (Fsp3) is 0.118. The van der Waals surface area contributed by atoms with Crippen molar-refractivity contribution in [2.45, 2.75) is 6.42 Å². The molecule has 0 aliphatic heterocycles. The number of aromatic nitrogens is 4. The zero-order valence-electron chi connectivity index (χ0n) is 13.6. The summed E-state index contributed by atoms with van der Waals surface area (Å²) in [5, 5.41) is 16.8. The van der Waals surface area contributed by atoms with Crippen LogP contribution in [0.25, 0.3) is 5.69 Å². The average Bonchev–Trinajstić information content (AvgIpc) is 3.17. The summed E-state index contributed by atoms with van der Waals surface area (Å²) in [4.78, 5) is 24.1. The first-order valence-corrected chi connectivity index (χ1v) is 8.17. The van der Waals surface area contributed by atoms with Crippen LogP contribution in [0.4, 0.5) is 5.69 Å². The molecule has 1 heterocycles. The van der Waals surface area contributed by atoms with E-state index >= 15 is 0 Å². The van der Waals surface area contributed by atoms with Crippen LogP contribution in [0, 0.1) is 0 Å². The monoisotopic (exact) mass is 370 g/mol. The number of carbonyl (C=O) groups excluding carboxylic acids is 2. The van der Waals surface area contributed by atoms with E-state index in [0.717, 1.165) is 5.69 Å². The summed E-state index contributed by atoms with van der Waals surface area (Å²) in [6.45, 7) is 0.197. The molecule has 0 spiro atoms. The van der Waals surface area contributed by atoms with Crippen molar-refractivity contribution in [3.05, 3.63) is 65.4 Å². The molecule has 1 aromatic heterocycles. The fourth-order valence-corrected chi connectivity index (χ4v) is 2.48. The second kappa shape index (κ2) is 8.21. The highest BCUT2D eigenvalue weighted by Gasteiger charge is 2.10. The molecule has 0 saturated heterocycles. The maximum atomic E-state index is 12.1. The summed E-state index contributed by atoms with van der Waals surface area (Å²) in [6.07, 6.45) is 1.59. The number of rotatable bonds is 6. The predicted octanol–water partition coefficient (Wildman–Crippen LogP) is 2.07. The van der Waals surface area contributed by atoms with Crippen LogP contribution < -0.4 is 10.6 Å². The lowest BCUT2D eigenvalue weighted by molar-refractivity contribution is -0.116. The minimum Gasteiger partial charge on any atom is -0.351 e. The van der Waals surface area contributed by atoms with Crippen molar-refractivity contribution < 1.29 is 9.59 Å². The van der Waals surface area contributed by atoms with Crippen LogP contribution in [-0.4, -0.2) is 38.6 Å². The van der Waals surface area contributed by atoms with Gasteiger partial charge in [0.05, 0.1) is 16.3 Å². The highest BCUT2D eigenvalue weighted by atomic mass is 35.5. The number of nitrogens with zero attached hydrogens (tertiary/aromatic N) is 4. The number of hydrogen-bond acceptors (Lipinski definition) is 5. The zero-order chi connectivity index (χ0) is 18.4. The third kappa shape index (κ3) is 4.42. The largest absolute Gasteiger partial charge is 0.351 e. The van der Waals surface area contributed by atoms with E-state index in [1.54, 1.807) is 42.5 Å². The van der Waals surface area contributed by atoms with Crippen molar-refractivity contribution in [1.29, 1.82) is 0 Å². The second-order valence-corrected chi connectivity index (χ2v) is 5.75. The summed E-state index contributed by atoms with van der Waals surface area (Å²) in [5.41, 5.74) is 1.71. The Hall–Kier alpha value is -3.26. The van der Waals surface area contributed by atoms with Gasteiger partial charge in [-0.2, -0.15) is 0 Å². The molecule has 0 aliphatic rings. The molecule has 2 N–H and O–H groups in total. The van der Waals surface area contributed by atoms with Crippen LogP contribution in [0.2, 0.25) is 5.02 Å². The molecule has 3 aromatic rings. The average molecular weight is 371 g/mol. The molecule has 3 rings (SSSR count). The van der Waals surface area contributed by atoms with Gasteiger partial charge in [0.15, 0.2) is 0 Å². The van der Waals surface area contributed by atoms with Gasteiger partial charge >= 0.3 is 0 Å². The Morgan fingerprint density at radius 1 is 1.12 bits per heavy atom. The van der Waals surface area contributed by atoms with E-state index in [0.29, 0.717) is 16.3 Å². The molecule has 0 unspecified atom stereocenters. The van der Waals surface area contributed by atoms with Gasteiger partial charge in [-0.1, -0.05) is 29.8 Å². The normalized spacial score (nSPS) is 10.3. The van der Waals surface area contributed by atoms with Gasteiger partial charge in [-0.3, -0.25) is 9.59 Å². The van der Waals surface area contributed by atoms with Crippen molar-refractivity contribution in [3.8, 4) is 5.69 Å². The van der Waals surface area contributed by atoms with E-state index in [1.807, 2.05) is 6.07 Å². The lowest BCUT2D eigenvalue weighted by Crippen LogP contribution is -2.27. The first kappa shape index (κ1) is 17.6. The SMILES string of the molecule is O=C(CCNC(=O)c1ccccc1Cl)Nc1cccc(-n2cnnn2)c1. The second-order valence-electron chi connectivity index (χ2n) is 5.34. The Morgan fingerprint density at radius 2 is 1.96 bits per heavy atom. The minimum absolute atomic E-state index is 0.130. The number of hydrogen-bond donors (Lipinski definition) is 2. The van der Waals surface area contributed by atoms with Gasteiger partial charge in [0.2, 0.25) is 5.91 Å². The third-order valence-electron chi connectivity index (χ3n) is 3.50. The van der Waals surface area contributed by atoms with Crippen molar-refractivity contribution in [2.24, 2.45) is 0 Å². The topological polar surface area (TPSA) is 102 Å².